The lowest BCUT2D eigenvalue weighted by molar-refractivity contribution is -0.168. The number of ether oxygens (including phenoxy) is 2. The summed E-state index contributed by atoms with van der Waals surface area (Å²) in [6.07, 6.45) is 6.08. The van der Waals surface area contributed by atoms with Crippen molar-refractivity contribution >= 4 is 11.9 Å². The quantitative estimate of drug-likeness (QED) is 0.592. The van der Waals surface area contributed by atoms with Crippen molar-refractivity contribution in [1.29, 1.82) is 0 Å². The van der Waals surface area contributed by atoms with Gasteiger partial charge in [0, 0.05) is 17.4 Å². The van der Waals surface area contributed by atoms with Gasteiger partial charge in [0.1, 0.15) is 11.7 Å². The summed E-state index contributed by atoms with van der Waals surface area (Å²) in [5.74, 6) is 0.625. The molecule has 4 rings (SSSR count). The summed E-state index contributed by atoms with van der Waals surface area (Å²) in [5.41, 5.74) is -0.00893. The average Bonchev–Trinajstić information content (AvgIpc) is 3.13. The second-order valence-corrected chi connectivity index (χ2v) is 7.36. The fraction of sp³-hybridized carbons (Fsp3) is 0.765. The molecule has 0 aromatic rings. The predicted octanol–water partition coefficient (Wildman–Crippen LogP) is 2.62. The van der Waals surface area contributed by atoms with Crippen LogP contribution in [-0.2, 0) is 19.1 Å². The maximum atomic E-state index is 12.2. The second-order valence-electron chi connectivity index (χ2n) is 7.36. The van der Waals surface area contributed by atoms with Gasteiger partial charge in [-0.1, -0.05) is 6.58 Å². The Hall–Kier alpha value is -1.32. The van der Waals surface area contributed by atoms with Crippen LogP contribution in [0.4, 0.5) is 0 Å². The van der Waals surface area contributed by atoms with E-state index in [4.69, 9.17) is 9.47 Å². The third-order valence-corrected chi connectivity index (χ3v) is 6.19. The molecule has 1 aliphatic heterocycles. The van der Waals surface area contributed by atoms with E-state index in [1.165, 1.54) is 0 Å². The fourth-order valence-electron chi connectivity index (χ4n) is 5.49. The third kappa shape index (κ3) is 1.74. The number of carbonyl (C=O) groups is 2. The first-order valence-corrected chi connectivity index (χ1v) is 8.11. The van der Waals surface area contributed by atoms with Crippen LogP contribution in [0.3, 0.4) is 0 Å². The molecule has 5 atom stereocenters. The first kappa shape index (κ1) is 13.4. The van der Waals surface area contributed by atoms with Gasteiger partial charge >= 0.3 is 11.9 Å². The first-order chi connectivity index (χ1) is 10.0. The van der Waals surface area contributed by atoms with E-state index in [1.54, 1.807) is 6.92 Å². The van der Waals surface area contributed by atoms with Gasteiger partial charge in [-0.25, -0.2) is 4.79 Å². The van der Waals surface area contributed by atoms with Gasteiger partial charge in [0.2, 0.25) is 0 Å². The third-order valence-electron chi connectivity index (χ3n) is 6.19. The van der Waals surface area contributed by atoms with Crippen LogP contribution in [0.5, 0.6) is 0 Å². The molecular weight excluding hydrogens is 268 g/mol. The Morgan fingerprint density at radius 3 is 2.71 bits per heavy atom. The molecule has 0 amide bonds. The number of rotatable bonds is 3. The Morgan fingerprint density at radius 1 is 1.33 bits per heavy atom. The summed E-state index contributed by atoms with van der Waals surface area (Å²) in [4.78, 5) is 24.4. The minimum absolute atomic E-state index is 0.0372. The van der Waals surface area contributed by atoms with Crippen LogP contribution in [0.25, 0.3) is 0 Å². The minimum atomic E-state index is -0.450. The summed E-state index contributed by atoms with van der Waals surface area (Å²) in [7, 11) is 0. The SMILES string of the molecule is C=C(C)C(=O)OC1(C2C3CC4OC(=O)C2C4C3)CCCC1. The maximum Gasteiger partial charge on any atom is 0.333 e. The standard InChI is InChI=1S/C17H22O4/c1-9(2)15(18)21-17(5-3-4-6-17)14-10-7-11-12(8-10)20-16(19)13(11)14/h10-14H,1,3-8H2,2H3. The summed E-state index contributed by atoms with van der Waals surface area (Å²) < 4.78 is 11.5. The van der Waals surface area contributed by atoms with Crippen molar-refractivity contribution in [1.82, 2.24) is 0 Å². The Bertz CT molecular complexity index is 515. The predicted molar refractivity (Wildman–Crippen MR) is 75.2 cm³/mol. The van der Waals surface area contributed by atoms with Gasteiger partial charge in [0.05, 0.1) is 5.92 Å². The van der Waals surface area contributed by atoms with E-state index >= 15 is 0 Å². The van der Waals surface area contributed by atoms with Crippen molar-refractivity contribution in [2.45, 2.75) is 57.2 Å². The van der Waals surface area contributed by atoms with E-state index in [2.05, 4.69) is 6.58 Å². The molecule has 5 unspecified atom stereocenters. The summed E-state index contributed by atoms with van der Waals surface area (Å²) in [5, 5.41) is 0. The highest BCUT2D eigenvalue weighted by molar-refractivity contribution is 5.87. The van der Waals surface area contributed by atoms with E-state index < -0.39 is 5.60 Å². The molecule has 3 aliphatic carbocycles. The van der Waals surface area contributed by atoms with E-state index in [0.717, 1.165) is 38.5 Å². The maximum absolute atomic E-state index is 12.2. The molecule has 0 radical (unpaired) electrons. The van der Waals surface area contributed by atoms with Gasteiger partial charge in [-0.3, -0.25) is 4.79 Å². The van der Waals surface area contributed by atoms with Crippen molar-refractivity contribution < 1.29 is 19.1 Å². The van der Waals surface area contributed by atoms with Crippen molar-refractivity contribution in [3.8, 4) is 0 Å². The first-order valence-electron chi connectivity index (χ1n) is 8.11. The lowest BCUT2D eigenvalue weighted by Gasteiger charge is -2.41. The summed E-state index contributed by atoms with van der Waals surface area (Å²) >= 11 is 0. The van der Waals surface area contributed by atoms with Crippen molar-refractivity contribution in [2.75, 3.05) is 0 Å². The molecule has 0 N–H and O–H groups in total. The van der Waals surface area contributed by atoms with E-state index in [9.17, 15) is 9.59 Å². The largest absolute Gasteiger partial charge is 0.462 e. The lowest BCUT2D eigenvalue weighted by Crippen LogP contribution is -2.47. The Morgan fingerprint density at radius 2 is 2.05 bits per heavy atom. The van der Waals surface area contributed by atoms with Crippen LogP contribution in [0.2, 0.25) is 0 Å². The molecule has 1 saturated heterocycles. The zero-order chi connectivity index (χ0) is 14.8. The topological polar surface area (TPSA) is 52.6 Å². The molecule has 4 aliphatic rings. The molecule has 1 heterocycles. The molecule has 0 aromatic heterocycles. The molecule has 3 saturated carbocycles. The highest BCUT2D eigenvalue weighted by Crippen LogP contribution is 2.63. The molecule has 4 heteroatoms. The van der Waals surface area contributed by atoms with Gasteiger partial charge < -0.3 is 9.47 Å². The Balaban J connectivity index is 1.67. The van der Waals surface area contributed by atoms with Gasteiger partial charge in [0.15, 0.2) is 0 Å². The summed E-state index contributed by atoms with van der Waals surface area (Å²) in [6, 6.07) is 0. The molecule has 0 aromatic carbocycles. The molecule has 2 bridgehead atoms. The zero-order valence-corrected chi connectivity index (χ0v) is 12.5. The van der Waals surface area contributed by atoms with Crippen LogP contribution in [-0.4, -0.2) is 23.6 Å². The molecule has 4 fully saturated rings. The Labute approximate surface area is 124 Å². The fourth-order valence-corrected chi connectivity index (χ4v) is 5.49. The van der Waals surface area contributed by atoms with Crippen LogP contribution >= 0.6 is 0 Å². The molecule has 4 nitrogen and oxygen atoms in total. The van der Waals surface area contributed by atoms with Gasteiger partial charge in [-0.2, -0.15) is 0 Å². The Kier molecular flexibility index (Phi) is 2.76. The van der Waals surface area contributed by atoms with Crippen LogP contribution in [0.1, 0.15) is 45.4 Å². The van der Waals surface area contributed by atoms with Crippen molar-refractivity contribution in [3.05, 3.63) is 12.2 Å². The van der Waals surface area contributed by atoms with Crippen molar-refractivity contribution in [2.24, 2.45) is 23.7 Å². The van der Waals surface area contributed by atoms with E-state index in [1.807, 2.05) is 0 Å². The number of esters is 2. The molecular formula is C17H22O4. The number of carbonyl (C=O) groups excluding carboxylic acids is 2. The van der Waals surface area contributed by atoms with Gasteiger partial charge in [-0.05, 0) is 51.4 Å². The highest BCUT2D eigenvalue weighted by Gasteiger charge is 2.68. The van der Waals surface area contributed by atoms with E-state index in [0.29, 0.717) is 17.4 Å². The van der Waals surface area contributed by atoms with E-state index in [-0.39, 0.29) is 29.9 Å². The average molecular weight is 290 g/mol. The summed E-state index contributed by atoms with van der Waals surface area (Å²) in [6.45, 7) is 5.39. The molecule has 114 valence electrons. The monoisotopic (exact) mass is 290 g/mol. The lowest BCUT2D eigenvalue weighted by atomic mass is 9.69. The molecule has 0 spiro atoms. The number of hydrogen-bond donors (Lipinski definition) is 0. The smallest absolute Gasteiger partial charge is 0.333 e. The zero-order valence-electron chi connectivity index (χ0n) is 12.5. The van der Waals surface area contributed by atoms with Gasteiger partial charge in [0.25, 0.3) is 0 Å². The van der Waals surface area contributed by atoms with Gasteiger partial charge in [-0.15, -0.1) is 0 Å². The normalized spacial score (nSPS) is 42.1. The number of fused-ring (bicyclic) bond motifs is 1. The van der Waals surface area contributed by atoms with Crippen molar-refractivity contribution in [3.63, 3.8) is 0 Å². The van der Waals surface area contributed by atoms with Crippen LogP contribution < -0.4 is 0 Å². The molecule has 21 heavy (non-hydrogen) atoms. The minimum Gasteiger partial charge on any atom is -0.462 e. The second kappa shape index (κ2) is 4.34. The van der Waals surface area contributed by atoms with Crippen LogP contribution in [0.15, 0.2) is 12.2 Å². The van der Waals surface area contributed by atoms with Crippen LogP contribution in [0, 0.1) is 23.7 Å². The highest BCUT2D eigenvalue weighted by atomic mass is 16.6. The number of hydrogen-bond acceptors (Lipinski definition) is 4.